The molecule has 0 heterocycles. The van der Waals surface area contributed by atoms with Gasteiger partial charge in [0.15, 0.2) is 0 Å². The van der Waals surface area contributed by atoms with E-state index in [0.29, 0.717) is 5.56 Å². The monoisotopic (exact) mass is 255 g/mol. The van der Waals surface area contributed by atoms with Gasteiger partial charge in [0.05, 0.1) is 5.02 Å². The van der Waals surface area contributed by atoms with E-state index in [2.05, 4.69) is 0 Å². The van der Waals surface area contributed by atoms with Crippen LogP contribution in [0.15, 0.2) is 18.2 Å². The number of alkyl halides is 3. The highest BCUT2D eigenvalue weighted by molar-refractivity contribution is 6.30. The van der Waals surface area contributed by atoms with Gasteiger partial charge >= 0.3 is 6.18 Å². The molecule has 1 nitrogen and oxygen atoms in total. The SMILES string of the molecule is N[C@@H](CCC(F)(F)F)c1ccc(Cl)c(F)c1. The Morgan fingerprint density at radius 1 is 1.31 bits per heavy atom. The lowest BCUT2D eigenvalue weighted by atomic mass is 10.0. The average Bonchev–Trinajstić information content (AvgIpc) is 2.17. The highest BCUT2D eigenvalue weighted by Gasteiger charge is 2.27. The number of nitrogens with two attached hydrogens (primary N) is 1. The first-order chi connectivity index (χ1) is 7.29. The fraction of sp³-hybridized carbons (Fsp3) is 0.400. The summed E-state index contributed by atoms with van der Waals surface area (Å²) in [4.78, 5) is 0. The summed E-state index contributed by atoms with van der Waals surface area (Å²) in [6, 6.07) is 2.92. The van der Waals surface area contributed by atoms with Crippen LogP contribution >= 0.6 is 11.6 Å². The minimum Gasteiger partial charge on any atom is -0.324 e. The van der Waals surface area contributed by atoms with Gasteiger partial charge in [0, 0.05) is 12.5 Å². The molecule has 0 unspecified atom stereocenters. The van der Waals surface area contributed by atoms with Crippen molar-refractivity contribution in [3.63, 3.8) is 0 Å². The Bertz CT molecular complexity index is 364. The highest BCUT2D eigenvalue weighted by atomic mass is 35.5. The molecule has 0 aliphatic carbocycles. The van der Waals surface area contributed by atoms with E-state index in [1.165, 1.54) is 12.1 Å². The smallest absolute Gasteiger partial charge is 0.324 e. The fourth-order valence-electron chi connectivity index (χ4n) is 1.23. The minimum absolute atomic E-state index is 0.0771. The molecule has 0 spiro atoms. The minimum atomic E-state index is -4.25. The number of hydrogen-bond acceptors (Lipinski definition) is 1. The van der Waals surface area contributed by atoms with Gasteiger partial charge in [0.1, 0.15) is 5.82 Å². The summed E-state index contributed by atoms with van der Waals surface area (Å²) in [5.41, 5.74) is 5.82. The summed E-state index contributed by atoms with van der Waals surface area (Å²) in [6.07, 6.45) is -5.51. The largest absolute Gasteiger partial charge is 0.389 e. The quantitative estimate of drug-likeness (QED) is 0.817. The molecule has 16 heavy (non-hydrogen) atoms. The van der Waals surface area contributed by atoms with Gasteiger partial charge in [-0.25, -0.2) is 4.39 Å². The van der Waals surface area contributed by atoms with Crippen LogP contribution in [0.4, 0.5) is 17.6 Å². The molecule has 2 N–H and O–H groups in total. The Labute approximate surface area is 95.2 Å². The van der Waals surface area contributed by atoms with Crippen molar-refractivity contribution in [1.29, 1.82) is 0 Å². The van der Waals surface area contributed by atoms with E-state index >= 15 is 0 Å². The summed E-state index contributed by atoms with van der Waals surface area (Å²) in [5, 5.41) is -0.0771. The third-order valence-electron chi connectivity index (χ3n) is 2.11. The molecule has 0 radical (unpaired) electrons. The lowest BCUT2D eigenvalue weighted by Gasteiger charge is -2.13. The van der Waals surface area contributed by atoms with Crippen molar-refractivity contribution >= 4 is 11.6 Å². The Balaban J connectivity index is 2.66. The molecule has 0 amide bonds. The summed E-state index contributed by atoms with van der Waals surface area (Å²) in [6.45, 7) is 0. The van der Waals surface area contributed by atoms with E-state index in [4.69, 9.17) is 17.3 Å². The average molecular weight is 256 g/mol. The molecule has 1 atom stereocenters. The molecule has 1 rings (SSSR count). The van der Waals surface area contributed by atoms with Crippen molar-refractivity contribution in [1.82, 2.24) is 0 Å². The first-order valence-electron chi connectivity index (χ1n) is 4.57. The van der Waals surface area contributed by atoms with Crippen LogP contribution < -0.4 is 5.73 Å². The van der Waals surface area contributed by atoms with Crippen LogP contribution in [0.25, 0.3) is 0 Å². The second-order valence-corrected chi connectivity index (χ2v) is 3.84. The normalized spacial score (nSPS) is 13.9. The zero-order valence-electron chi connectivity index (χ0n) is 8.19. The molecular weight excluding hydrogens is 246 g/mol. The van der Waals surface area contributed by atoms with Gasteiger partial charge < -0.3 is 5.73 Å². The second kappa shape index (κ2) is 5.01. The molecule has 0 aliphatic heterocycles. The van der Waals surface area contributed by atoms with Crippen molar-refractivity contribution < 1.29 is 17.6 Å². The molecular formula is C10H10ClF4N. The van der Waals surface area contributed by atoms with Gasteiger partial charge in [0.2, 0.25) is 0 Å². The van der Waals surface area contributed by atoms with Crippen molar-refractivity contribution in [2.75, 3.05) is 0 Å². The van der Waals surface area contributed by atoms with E-state index in [9.17, 15) is 17.6 Å². The van der Waals surface area contributed by atoms with Gasteiger partial charge in [0.25, 0.3) is 0 Å². The van der Waals surface area contributed by atoms with Crippen molar-refractivity contribution in [2.45, 2.75) is 25.1 Å². The second-order valence-electron chi connectivity index (χ2n) is 3.43. The molecule has 1 aromatic rings. The van der Waals surface area contributed by atoms with Crippen LogP contribution in [0.1, 0.15) is 24.4 Å². The Kier molecular flexibility index (Phi) is 4.15. The summed E-state index contributed by atoms with van der Waals surface area (Å²) in [5.74, 6) is -0.679. The van der Waals surface area contributed by atoms with E-state index in [1.54, 1.807) is 0 Å². The van der Waals surface area contributed by atoms with Crippen LogP contribution in [0.2, 0.25) is 5.02 Å². The number of rotatable bonds is 3. The first kappa shape index (κ1) is 13.3. The first-order valence-corrected chi connectivity index (χ1v) is 4.94. The fourth-order valence-corrected chi connectivity index (χ4v) is 1.35. The highest BCUT2D eigenvalue weighted by Crippen LogP contribution is 2.27. The van der Waals surface area contributed by atoms with Gasteiger partial charge in [-0.3, -0.25) is 0 Å². The van der Waals surface area contributed by atoms with Crippen LogP contribution in [-0.2, 0) is 0 Å². The van der Waals surface area contributed by atoms with Crippen LogP contribution in [0.3, 0.4) is 0 Å². The third kappa shape index (κ3) is 3.98. The standard InChI is InChI=1S/C10H10ClF4N/c11-7-2-1-6(5-8(7)12)9(16)3-4-10(13,14)15/h1-2,5,9H,3-4,16H2/t9-/m0/s1. The Hall–Kier alpha value is -0.810. The molecule has 6 heteroatoms. The van der Waals surface area contributed by atoms with E-state index < -0.39 is 24.5 Å². The molecule has 90 valence electrons. The Morgan fingerprint density at radius 2 is 1.94 bits per heavy atom. The topological polar surface area (TPSA) is 26.0 Å². The van der Waals surface area contributed by atoms with Gasteiger partial charge in [-0.05, 0) is 24.1 Å². The number of halogens is 5. The summed E-state index contributed by atoms with van der Waals surface area (Å²) >= 11 is 5.44. The van der Waals surface area contributed by atoms with Crippen molar-refractivity contribution in [2.24, 2.45) is 5.73 Å². The van der Waals surface area contributed by atoms with Gasteiger partial charge in [-0.1, -0.05) is 17.7 Å². The maximum Gasteiger partial charge on any atom is 0.389 e. The Morgan fingerprint density at radius 3 is 2.44 bits per heavy atom. The predicted molar refractivity (Wildman–Crippen MR) is 53.6 cm³/mol. The third-order valence-corrected chi connectivity index (χ3v) is 2.42. The van der Waals surface area contributed by atoms with E-state index in [0.717, 1.165) is 6.07 Å². The predicted octanol–water partition coefficient (Wildman–Crippen LogP) is 3.82. The zero-order chi connectivity index (χ0) is 12.3. The molecule has 0 saturated heterocycles. The van der Waals surface area contributed by atoms with Gasteiger partial charge in [-0.2, -0.15) is 13.2 Å². The van der Waals surface area contributed by atoms with E-state index in [1.807, 2.05) is 0 Å². The summed E-state index contributed by atoms with van der Waals surface area (Å²) < 4.78 is 48.8. The van der Waals surface area contributed by atoms with Crippen molar-refractivity contribution in [3.8, 4) is 0 Å². The van der Waals surface area contributed by atoms with Gasteiger partial charge in [-0.15, -0.1) is 0 Å². The van der Waals surface area contributed by atoms with Crippen LogP contribution in [0, 0.1) is 5.82 Å². The maximum absolute atomic E-state index is 13.0. The molecule has 0 aliphatic rings. The number of benzene rings is 1. The van der Waals surface area contributed by atoms with E-state index in [-0.39, 0.29) is 11.4 Å². The summed E-state index contributed by atoms with van der Waals surface area (Å²) in [7, 11) is 0. The van der Waals surface area contributed by atoms with Crippen LogP contribution in [-0.4, -0.2) is 6.18 Å². The molecule has 0 aromatic heterocycles. The molecule has 0 bridgehead atoms. The van der Waals surface area contributed by atoms with Crippen molar-refractivity contribution in [3.05, 3.63) is 34.6 Å². The molecule has 0 saturated carbocycles. The maximum atomic E-state index is 13.0. The lowest BCUT2D eigenvalue weighted by Crippen LogP contribution is -2.15. The lowest BCUT2D eigenvalue weighted by molar-refractivity contribution is -0.136. The number of hydrogen-bond donors (Lipinski definition) is 1. The molecule has 0 fully saturated rings. The molecule has 1 aromatic carbocycles. The zero-order valence-corrected chi connectivity index (χ0v) is 8.95. The van der Waals surface area contributed by atoms with Crippen LogP contribution in [0.5, 0.6) is 0 Å².